The third kappa shape index (κ3) is 5.26. The Morgan fingerprint density at radius 2 is 1.77 bits per heavy atom. The number of allylic oxidation sites excluding steroid dienone is 5. The summed E-state index contributed by atoms with van der Waals surface area (Å²) in [6.45, 7) is 13.6. The van der Waals surface area contributed by atoms with Crippen LogP contribution in [0.4, 0.5) is 0 Å². The van der Waals surface area contributed by atoms with Crippen molar-refractivity contribution in [2.24, 2.45) is 35.0 Å². The fraction of sp³-hybridized carbons (Fsp3) is 0.714. The predicted octanol–water partition coefficient (Wildman–Crippen LogP) is 5.58. The van der Waals surface area contributed by atoms with Crippen molar-refractivity contribution < 1.29 is 15.3 Å². The molecule has 0 amide bonds. The van der Waals surface area contributed by atoms with Crippen molar-refractivity contribution in [1.29, 1.82) is 0 Å². The lowest BCUT2D eigenvalue weighted by atomic mass is 9.61. The standard InChI is InChI=1S/C28H44O3/c1-18(21(4)17-29)8-9-19(2)24-12-13-25-22(7-6-14-28(24,25)5)10-11-23-16-27(31)26(30)15-20(23)3/h8-11,18-19,21,24-27,29-31H,3,6-7,12-17H2,1-2,4-5H3/b9-8+,22-10?,23-11?/t18-,19+,21?,24+,25?,26+,27+,28+/m0/s1. The molecular formula is C28H44O3. The van der Waals surface area contributed by atoms with E-state index in [2.05, 4.69) is 58.6 Å². The maximum absolute atomic E-state index is 10.1. The van der Waals surface area contributed by atoms with Crippen LogP contribution in [0.1, 0.15) is 72.6 Å². The first-order valence-corrected chi connectivity index (χ1v) is 12.4. The molecule has 3 aliphatic rings. The lowest BCUT2D eigenvalue weighted by Gasteiger charge is -2.44. The molecule has 3 fully saturated rings. The number of rotatable bonds is 6. The van der Waals surface area contributed by atoms with Gasteiger partial charge in [0.1, 0.15) is 0 Å². The second-order valence-corrected chi connectivity index (χ2v) is 10.9. The van der Waals surface area contributed by atoms with Crippen LogP contribution in [0.25, 0.3) is 0 Å². The van der Waals surface area contributed by atoms with E-state index in [1.807, 2.05) is 0 Å². The van der Waals surface area contributed by atoms with Gasteiger partial charge >= 0.3 is 0 Å². The van der Waals surface area contributed by atoms with E-state index in [1.54, 1.807) is 5.57 Å². The largest absolute Gasteiger partial charge is 0.396 e. The number of aliphatic hydroxyl groups excluding tert-OH is 3. The molecule has 0 aromatic rings. The van der Waals surface area contributed by atoms with Gasteiger partial charge in [0, 0.05) is 19.4 Å². The molecule has 31 heavy (non-hydrogen) atoms. The Balaban J connectivity index is 1.73. The second kappa shape index (κ2) is 10.2. The highest BCUT2D eigenvalue weighted by atomic mass is 16.3. The molecule has 3 N–H and O–H groups in total. The number of aliphatic hydroxyl groups is 3. The second-order valence-electron chi connectivity index (χ2n) is 10.9. The highest BCUT2D eigenvalue weighted by Crippen LogP contribution is 2.59. The molecule has 3 aliphatic carbocycles. The van der Waals surface area contributed by atoms with Crippen molar-refractivity contribution in [3.05, 3.63) is 47.6 Å². The minimum Gasteiger partial charge on any atom is -0.396 e. The van der Waals surface area contributed by atoms with E-state index in [4.69, 9.17) is 0 Å². The molecule has 0 heterocycles. The highest BCUT2D eigenvalue weighted by Gasteiger charge is 2.50. The average molecular weight is 429 g/mol. The van der Waals surface area contributed by atoms with Crippen LogP contribution in [0.3, 0.4) is 0 Å². The Bertz CT molecular complexity index is 733. The summed E-state index contributed by atoms with van der Waals surface area (Å²) in [6, 6.07) is 0. The average Bonchev–Trinajstić information content (AvgIpc) is 3.10. The van der Waals surface area contributed by atoms with Gasteiger partial charge < -0.3 is 15.3 Å². The van der Waals surface area contributed by atoms with Crippen LogP contribution >= 0.6 is 0 Å². The van der Waals surface area contributed by atoms with Gasteiger partial charge in [-0.3, -0.25) is 0 Å². The molecule has 0 saturated heterocycles. The molecule has 3 saturated carbocycles. The maximum atomic E-state index is 10.1. The van der Waals surface area contributed by atoms with E-state index >= 15 is 0 Å². The lowest BCUT2D eigenvalue weighted by Crippen LogP contribution is -2.35. The molecule has 3 rings (SSSR count). The van der Waals surface area contributed by atoms with Gasteiger partial charge in [-0.1, -0.05) is 64.2 Å². The molecule has 0 aliphatic heterocycles. The first-order valence-electron chi connectivity index (χ1n) is 12.4. The van der Waals surface area contributed by atoms with Crippen LogP contribution < -0.4 is 0 Å². The number of hydrogen-bond acceptors (Lipinski definition) is 3. The number of hydrogen-bond donors (Lipinski definition) is 3. The highest BCUT2D eigenvalue weighted by molar-refractivity contribution is 5.37. The number of fused-ring (bicyclic) bond motifs is 1. The summed E-state index contributed by atoms with van der Waals surface area (Å²) in [4.78, 5) is 0. The molecule has 3 heteroatoms. The Kier molecular flexibility index (Phi) is 8.05. The summed E-state index contributed by atoms with van der Waals surface area (Å²) in [5.74, 6) is 2.60. The van der Waals surface area contributed by atoms with Crippen LogP contribution in [0.2, 0.25) is 0 Å². The van der Waals surface area contributed by atoms with E-state index in [1.165, 1.54) is 32.1 Å². The fourth-order valence-corrected chi connectivity index (χ4v) is 6.40. The molecular weight excluding hydrogens is 384 g/mol. The normalized spacial score (nSPS) is 39.8. The van der Waals surface area contributed by atoms with E-state index in [-0.39, 0.29) is 6.61 Å². The quantitative estimate of drug-likeness (QED) is 0.484. The summed E-state index contributed by atoms with van der Waals surface area (Å²) in [5, 5.41) is 29.3. The van der Waals surface area contributed by atoms with Crippen molar-refractivity contribution >= 4 is 0 Å². The zero-order valence-corrected chi connectivity index (χ0v) is 20.1. The maximum Gasteiger partial charge on any atom is 0.0842 e. The Labute approximate surface area is 189 Å². The van der Waals surface area contributed by atoms with Gasteiger partial charge in [0.25, 0.3) is 0 Å². The SMILES string of the molecule is C=C1C[C@@H](O)[C@H](O)CC1=CC=C1CCC[C@@]2(C)C1CC[C@@H]2[C@H](C)/C=C/[C@H](C)C(C)CO. The summed E-state index contributed by atoms with van der Waals surface area (Å²) < 4.78 is 0. The van der Waals surface area contributed by atoms with Gasteiger partial charge in [-0.25, -0.2) is 0 Å². The lowest BCUT2D eigenvalue weighted by molar-refractivity contribution is 0.0138. The topological polar surface area (TPSA) is 60.7 Å². The van der Waals surface area contributed by atoms with Crippen LogP contribution in [0.15, 0.2) is 47.6 Å². The van der Waals surface area contributed by atoms with Gasteiger partial charge in [0.05, 0.1) is 12.2 Å². The Morgan fingerprint density at radius 3 is 2.48 bits per heavy atom. The van der Waals surface area contributed by atoms with Crippen LogP contribution in [0.5, 0.6) is 0 Å². The molecule has 0 spiro atoms. The first kappa shape index (κ1) is 24.5. The molecule has 0 aromatic carbocycles. The Hall–Kier alpha value is -1.16. The van der Waals surface area contributed by atoms with E-state index in [0.29, 0.717) is 47.8 Å². The van der Waals surface area contributed by atoms with Crippen molar-refractivity contribution in [2.75, 3.05) is 6.61 Å². The summed E-state index contributed by atoms with van der Waals surface area (Å²) in [5.41, 5.74) is 3.96. The first-order chi connectivity index (χ1) is 14.7. The van der Waals surface area contributed by atoms with Crippen molar-refractivity contribution in [3.8, 4) is 0 Å². The van der Waals surface area contributed by atoms with E-state index < -0.39 is 12.2 Å². The molecule has 0 radical (unpaired) electrons. The van der Waals surface area contributed by atoms with Crippen LogP contribution in [0, 0.1) is 35.0 Å². The molecule has 0 aromatic heterocycles. The van der Waals surface area contributed by atoms with Gasteiger partial charge in [-0.2, -0.15) is 0 Å². The van der Waals surface area contributed by atoms with Gasteiger partial charge in [-0.15, -0.1) is 0 Å². The van der Waals surface area contributed by atoms with Crippen molar-refractivity contribution in [3.63, 3.8) is 0 Å². The third-order valence-corrected chi connectivity index (χ3v) is 8.86. The Morgan fingerprint density at radius 1 is 1.06 bits per heavy atom. The zero-order valence-electron chi connectivity index (χ0n) is 20.1. The summed E-state index contributed by atoms with van der Waals surface area (Å²) in [6.07, 6.45) is 15.1. The van der Waals surface area contributed by atoms with Crippen LogP contribution in [-0.2, 0) is 0 Å². The van der Waals surface area contributed by atoms with Gasteiger partial charge in [0.2, 0.25) is 0 Å². The smallest absolute Gasteiger partial charge is 0.0842 e. The van der Waals surface area contributed by atoms with Gasteiger partial charge in [0.15, 0.2) is 0 Å². The van der Waals surface area contributed by atoms with Crippen molar-refractivity contribution in [1.82, 2.24) is 0 Å². The van der Waals surface area contributed by atoms with Crippen molar-refractivity contribution in [2.45, 2.75) is 84.8 Å². The van der Waals surface area contributed by atoms with Crippen LogP contribution in [-0.4, -0.2) is 34.1 Å². The monoisotopic (exact) mass is 428 g/mol. The van der Waals surface area contributed by atoms with E-state index in [0.717, 1.165) is 11.1 Å². The fourth-order valence-electron chi connectivity index (χ4n) is 6.40. The summed E-state index contributed by atoms with van der Waals surface area (Å²) >= 11 is 0. The molecule has 3 nitrogen and oxygen atoms in total. The minimum absolute atomic E-state index is 0.245. The summed E-state index contributed by atoms with van der Waals surface area (Å²) in [7, 11) is 0. The zero-order chi connectivity index (χ0) is 22.8. The third-order valence-electron chi connectivity index (χ3n) is 8.86. The molecule has 0 bridgehead atoms. The molecule has 2 unspecified atom stereocenters. The predicted molar refractivity (Wildman–Crippen MR) is 128 cm³/mol. The molecule has 8 atom stereocenters. The minimum atomic E-state index is -0.677. The molecule has 174 valence electrons. The van der Waals surface area contributed by atoms with Gasteiger partial charge in [-0.05, 0) is 78.3 Å². The van der Waals surface area contributed by atoms with E-state index in [9.17, 15) is 15.3 Å².